The van der Waals surface area contributed by atoms with Crippen molar-refractivity contribution in [3.05, 3.63) is 82.9 Å². The van der Waals surface area contributed by atoms with Gasteiger partial charge in [-0.15, -0.1) is 11.3 Å². The van der Waals surface area contributed by atoms with Crippen LogP contribution >= 0.6 is 11.3 Å². The van der Waals surface area contributed by atoms with Crippen molar-refractivity contribution in [3.8, 4) is 16.4 Å². The van der Waals surface area contributed by atoms with Crippen LogP contribution in [0.25, 0.3) is 16.4 Å². The molecule has 2 heterocycles. The first-order chi connectivity index (χ1) is 13.5. The Bertz CT molecular complexity index is 1150. The van der Waals surface area contributed by atoms with Gasteiger partial charge in [-0.3, -0.25) is 4.79 Å². The SMILES string of the molecule is Cc1cc(NC(=O)c2cccc(F)c2)n(-c2nc(-c3ccc(F)cc3)cs2)n1. The van der Waals surface area contributed by atoms with Crippen LogP contribution < -0.4 is 5.32 Å². The van der Waals surface area contributed by atoms with E-state index in [0.717, 1.165) is 5.56 Å². The molecule has 0 fully saturated rings. The Kier molecular flexibility index (Phi) is 4.70. The van der Waals surface area contributed by atoms with Crippen LogP contribution in [0, 0.1) is 18.6 Å². The average molecular weight is 396 g/mol. The summed E-state index contributed by atoms with van der Waals surface area (Å²) in [6.45, 7) is 1.79. The zero-order chi connectivity index (χ0) is 19.7. The molecule has 5 nitrogen and oxygen atoms in total. The van der Waals surface area contributed by atoms with Gasteiger partial charge >= 0.3 is 0 Å². The molecule has 0 aliphatic carbocycles. The van der Waals surface area contributed by atoms with Crippen LogP contribution in [0.4, 0.5) is 14.6 Å². The number of nitrogens with one attached hydrogen (secondary N) is 1. The number of benzene rings is 2. The van der Waals surface area contributed by atoms with E-state index in [0.29, 0.717) is 22.3 Å². The molecule has 4 rings (SSSR count). The molecule has 4 aromatic rings. The molecule has 1 amide bonds. The number of thiazole rings is 1. The quantitative estimate of drug-likeness (QED) is 0.537. The maximum absolute atomic E-state index is 13.4. The number of amides is 1. The topological polar surface area (TPSA) is 59.8 Å². The van der Waals surface area contributed by atoms with Crippen molar-refractivity contribution >= 4 is 23.1 Å². The van der Waals surface area contributed by atoms with Crippen LogP contribution in [-0.2, 0) is 0 Å². The lowest BCUT2D eigenvalue weighted by Gasteiger charge is -2.06. The predicted octanol–water partition coefficient (Wildman–Crippen LogP) is 4.83. The number of anilines is 1. The van der Waals surface area contributed by atoms with Crippen LogP contribution in [0.5, 0.6) is 0 Å². The highest BCUT2D eigenvalue weighted by Gasteiger charge is 2.15. The second-order valence-corrected chi connectivity index (χ2v) is 6.91. The standard InChI is InChI=1S/C20H14F2N4OS/c1-12-9-18(24-19(27)14-3-2-4-16(22)10-14)26(25-12)20-23-17(11-28-20)13-5-7-15(21)8-6-13/h2-11H,1H3,(H,24,27). The minimum atomic E-state index is -0.485. The highest BCUT2D eigenvalue weighted by molar-refractivity contribution is 7.12. The first-order valence-electron chi connectivity index (χ1n) is 8.35. The number of hydrogen-bond acceptors (Lipinski definition) is 4. The largest absolute Gasteiger partial charge is 0.306 e. The van der Waals surface area contributed by atoms with E-state index in [1.54, 1.807) is 25.1 Å². The number of hydrogen-bond donors (Lipinski definition) is 1. The molecular formula is C20H14F2N4OS. The van der Waals surface area contributed by atoms with Crippen LogP contribution in [0.2, 0.25) is 0 Å². The van der Waals surface area contributed by atoms with Crippen LogP contribution in [0.1, 0.15) is 16.1 Å². The minimum Gasteiger partial charge on any atom is -0.306 e. The molecule has 0 saturated carbocycles. The number of carbonyl (C=O) groups excluding carboxylic acids is 1. The van der Waals surface area contributed by atoms with E-state index in [2.05, 4.69) is 15.4 Å². The molecule has 0 aliphatic heterocycles. The molecule has 0 bridgehead atoms. The molecule has 0 saturated heterocycles. The maximum atomic E-state index is 13.4. The fourth-order valence-electron chi connectivity index (χ4n) is 2.67. The first-order valence-corrected chi connectivity index (χ1v) is 9.23. The minimum absolute atomic E-state index is 0.205. The molecule has 8 heteroatoms. The van der Waals surface area contributed by atoms with Crippen LogP contribution in [-0.4, -0.2) is 20.7 Å². The van der Waals surface area contributed by atoms with Gasteiger partial charge in [0.25, 0.3) is 5.91 Å². The summed E-state index contributed by atoms with van der Waals surface area (Å²) in [7, 11) is 0. The normalized spacial score (nSPS) is 10.8. The van der Waals surface area contributed by atoms with Crippen molar-refractivity contribution in [1.82, 2.24) is 14.8 Å². The molecule has 0 unspecified atom stereocenters. The molecule has 2 aromatic heterocycles. The highest BCUT2D eigenvalue weighted by Crippen LogP contribution is 2.26. The van der Waals surface area contributed by atoms with E-state index < -0.39 is 11.7 Å². The van der Waals surface area contributed by atoms with E-state index in [4.69, 9.17) is 0 Å². The lowest BCUT2D eigenvalue weighted by Crippen LogP contribution is -2.15. The summed E-state index contributed by atoms with van der Waals surface area (Å²) >= 11 is 1.34. The monoisotopic (exact) mass is 396 g/mol. The summed E-state index contributed by atoms with van der Waals surface area (Å²) < 4.78 is 28.0. The Hall–Kier alpha value is -3.39. The van der Waals surface area contributed by atoms with Gasteiger partial charge in [-0.25, -0.2) is 13.8 Å². The van der Waals surface area contributed by atoms with Crippen molar-refractivity contribution in [2.45, 2.75) is 6.92 Å². The lowest BCUT2D eigenvalue weighted by atomic mass is 10.2. The third kappa shape index (κ3) is 3.67. The number of carbonyl (C=O) groups is 1. The van der Waals surface area contributed by atoms with Gasteiger partial charge in [-0.05, 0) is 49.4 Å². The summed E-state index contributed by atoms with van der Waals surface area (Å²) in [6, 6.07) is 13.2. The second-order valence-electron chi connectivity index (χ2n) is 6.07. The van der Waals surface area contributed by atoms with Crippen molar-refractivity contribution < 1.29 is 13.6 Å². The smallest absolute Gasteiger partial charge is 0.256 e. The number of halogens is 2. The van der Waals surface area contributed by atoms with Crippen molar-refractivity contribution in [2.75, 3.05) is 5.32 Å². The zero-order valence-corrected chi connectivity index (χ0v) is 15.5. The Morgan fingerprint density at radius 2 is 1.86 bits per heavy atom. The van der Waals surface area contributed by atoms with Crippen molar-refractivity contribution in [3.63, 3.8) is 0 Å². The van der Waals surface area contributed by atoms with Gasteiger partial charge in [0.1, 0.15) is 17.5 Å². The summed E-state index contributed by atoms with van der Waals surface area (Å²) in [4.78, 5) is 17.0. The van der Waals surface area contributed by atoms with Crippen LogP contribution in [0.15, 0.2) is 60.0 Å². The average Bonchev–Trinajstić information content (AvgIpc) is 3.29. The van der Waals surface area contributed by atoms with Gasteiger partial charge in [0.2, 0.25) is 5.13 Å². The predicted molar refractivity (Wildman–Crippen MR) is 104 cm³/mol. The third-order valence-corrected chi connectivity index (χ3v) is 4.79. The summed E-state index contributed by atoms with van der Waals surface area (Å²) in [5.74, 6) is -0.826. The van der Waals surface area contributed by atoms with E-state index in [-0.39, 0.29) is 11.4 Å². The Labute approximate surface area is 163 Å². The summed E-state index contributed by atoms with van der Waals surface area (Å²) in [5, 5.41) is 9.50. The number of aromatic nitrogens is 3. The van der Waals surface area contributed by atoms with E-state index in [1.807, 2.05) is 5.38 Å². The fraction of sp³-hybridized carbons (Fsp3) is 0.0500. The molecule has 1 N–H and O–H groups in total. The Morgan fingerprint density at radius 3 is 2.61 bits per heavy atom. The second kappa shape index (κ2) is 7.32. The first kappa shape index (κ1) is 18.0. The summed E-state index contributed by atoms with van der Waals surface area (Å²) in [5.41, 5.74) is 2.35. The van der Waals surface area contributed by atoms with Gasteiger partial charge < -0.3 is 5.32 Å². The Morgan fingerprint density at radius 1 is 1.07 bits per heavy atom. The molecule has 0 radical (unpaired) electrons. The van der Waals surface area contributed by atoms with Gasteiger partial charge in [0.15, 0.2) is 0 Å². The van der Waals surface area contributed by atoms with E-state index in [1.165, 1.54) is 52.4 Å². The molecule has 140 valence electrons. The molecule has 0 spiro atoms. The molecule has 0 aliphatic rings. The highest BCUT2D eigenvalue weighted by atomic mass is 32.1. The van der Waals surface area contributed by atoms with Crippen molar-refractivity contribution in [1.29, 1.82) is 0 Å². The van der Waals surface area contributed by atoms with E-state index >= 15 is 0 Å². The number of nitrogens with zero attached hydrogens (tertiary/aromatic N) is 3. The van der Waals surface area contributed by atoms with Gasteiger partial charge in [0.05, 0.1) is 11.4 Å². The van der Waals surface area contributed by atoms with E-state index in [9.17, 15) is 13.6 Å². The third-order valence-electron chi connectivity index (χ3n) is 3.97. The fourth-order valence-corrected chi connectivity index (χ4v) is 3.46. The van der Waals surface area contributed by atoms with Crippen LogP contribution in [0.3, 0.4) is 0 Å². The number of aryl methyl sites for hydroxylation is 1. The van der Waals surface area contributed by atoms with Gasteiger partial charge in [-0.2, -0.15) is 9.78 Å². The Balaban J connectivity index is 1.63. The van der Waals surface area contributed by atoms with Crippen molar-refractivity contribution in [2.24, 2.45) is 0 Å². The molecule has 28 heavy (non-hydrogen) atoms. The maximum Gasteiger partial charge on any atom is 0.256 e. The molecular weight excluding hydrogens is 382 g/mol. The molecule has 2 aromatic carbocycles. The number of rotatable bonds is 4. The van der Waals surface area contributed by atoms with Gasteiger partial charge in [0, 0.05) is 22.6 Å². The lowest BCUT2D eigenvalue weighted by molar-refractivity contribution is 0.102. The molecule has 0 atom stereocenters. The zero-order valence-electron chi connectivity index (χ0n) is 14.7. The van der Waals surface area contributed by atoms with Gasteiger partial charge in [-0.1, -0.05) is 6.07 Å². The summed E-state index contributed by atoms with van der Waals surface area (Å²) in [6.07, 6.45) is 0.